The number of para-hydroxylation sites is 1. The number of fused-ring (bicyclic) bond motifs is 1. The van der Waals surface area contributed by atoms with E-state index in [-0.39, 0.29) is 28.8 Å². The summed E-state index contributed by atoms with van der Waals surface area (Å²) in [6.45, 7) is -0.213. The van der Waals surface area contributed by atoms with Gasteiger partial charge in [-0.1, -0.05) is 18.2 Å². The summed E-state index contributed by atoms with van der Waals surface area (Å²) in [7, 11) is 1.34. The summed E-state index contributed by atoms with van der Waals surface area (Å²) >= 11 is 0. The highest BCUT2D eigenvalue weighted by molar-refractivity contribution is 6.21. The van der Waals surface area contributed by atoms with Crippen molar-refractivity contribution in [2.75, 3.05) is 7.05 Å². The average Bonchev–Trinajstić information content (AvgIpc) is 2.83. The van der Waals surface area contributed by atoms with Crippen molar-refractivity contribution in [1.82, 2.24) is 10.2 Å². The molecule has 0 radical (unpaired) electrons. The lowest BCUT2D eigenvalue weighted by atomic mass is 10.1. The first kappa shape index (κ1) is 18.4. The molecule has 0 spiro atoms. The van der Waals surface area contributed by atoms with Gasteiger partial charge in [-0.2, -0.15) is 0 Å². The molecule has 0 saturated carbocycles. The SMILES string of the molecule is CN1C(=O)c2ccc(C(=O)NCc3ccccc3OC(F)(F)F)cc2C1=O. The van der Waals surface area contributed by atoms with Crippen molar-refractivity contribution in [2.24, 2.45) is 0 Å². The lowest BCUT2D eigenvalue weighted by Crippen LogP contribution is -2.25. The number of alkyl halides is 3. The van der Waals surface area contributed by atoms with Crippen LogP contribution in [0.2, 0.25) is 0 Å². The molecule has 0 aliphatic carbocycles. The van der Waals surface area contributed by atoms with Gasteiger partial charge in [0.25, 0.3) is 17.7 Å². The van der Waals surface area contributed by atoms with Crippen LogP contribution in [0.3, 0.4) is 0 Å². The van der Waals surface area contributed by atoms with Crippen LogP contribution in [-0.4, -0.2) is 36.0 Å². The van der Waals surface area contributed by atoms with E-state index in [1.54, 1.807) is 0 Å². The molecule has 27 heavy (non-hydrogen) atoms. The number of ether oxygens (including phenoxy) is 1. The highest BCUT2D eigenvalue weighted by Crippen LogP contribution is 2.26. The summed E-state index contributed by atoms with van der Waals surface area (Å²) in [6, 6.07) is 9.45. The minimum absolute atomic E-state index is 0.107. The first-order chi connectivity index (χ1) is 12.7. The van der Waals surface area contributed by atoms with Gasteiger partial charge in [-0.3, -0.25) is 19.3 Å². The van der Waals surface area contributed by atoms with Crippen molar-refractivity contribution in [1.29, 1.82) is 0 Å². The summed E-state index contributed by atoms with van der Waals surface area (Å²) < 4.78 is 41.2. The number of carbonyl (C=O) groups excluding carboxylic acids is 3. The van der Waals surface area contributed by atoms with E-state index in [2.05, 4.69) is 10.1 Å². The van der Waals surface area contributed by atoms with E-state index in [9.17, 15) is 27.6 Å². The number of rotatable bonds is 4. The highest BCUT2D eigenvalue weighted by atomic mass is 19.4. The zero-order chi connectivity index (χ0) is 19.8. The third kappa shape index (κ3) is 3.76. The van der Waals surface area contributed by atoms with Crippen LogP contribution in [0.5, 0.6) is 5.75 Å². The zero-order valence-corrected chi connectivity index (χ0v) is 14.0. The molecule has 0 bridgehead atoms. The Bertz CT molecular complexity index is 940. The standard InChI is InChI=1S/C18H13F3N2O4/c1-23-16(25)12-7-6-10(8-13(12)17(23)26)15(24)22-9-11-4-2-3-5-14(11)27-18(19,20)21/h2-8H,9H2,1H3,(H,22,24). The molecule has 0 aromatic heterocycles. The third-order valence-electron chi connectivity index (χ3n) is 3.99. The molecule has 3 amide bonds. The normalized spacial score (nSPS) is 13.6. The Morgan fingerprint density at radius 2 is 1.74 bits per heavy atom. The Morgan fingerprint density at radius 1 is 1.07 bits per heavy atom. The molecular weight excluding hydrogens is 365 g/mol. The van der Waals surface area contributed by atoms with Gasteiger partial charge in [0.1, 0.15) is 5.75 Å². The molecule has 2 aromatic carbocycles. The van der Waals surface area contributed by atoms with Gasteiger partial charge in [-0.05, 0) is 24.3 Å². The Kier molecular flexibility index (Phi) is 4.61. The van der Waals surface area contributed by atoms with Crippen LogP contribution in [0.15, 0.2) is 42.5 Å². The monoisotopic (exact) mass is 378 g/mol. The van der Waals surface area contributed by atoms with E-state index in [0.29, 0.717) is 0 Å². The second-order valence-electron chi connectivity index (χ2n) is 5.77. The predicted octanol–water partition coefficient (Wildman–Crippen LogP) is 2.74. The minimum atomic E-state index is -4.85. The molecule has 6 nitrogen and oxygen atoms in total. The highest BCUT2D eigenvalue weighted by Gasteiger charge is 2.33. The molecule has 1 N–H and O–H groups in total. The summed E-state index contributed by atoms with van der Waals surface area (Å²) in [4.78, 5) is 37.1. The average molecular weight is 378 g/mol. The van der Waals surface area contributed by atoms with Crippen LogP contribution >= 0.6 is 0 Å². The van der Waals surface area contributed by atoms with E-state index in [1.165, 1.54) is 43.4 Å². The van der Waals surface area contributed by atoms with Crippen molar-refractivity contribution in [3.05, 3.63) is 64.7 Å². The number of imide groups is 1. The Morgan fingerprint density at radius 3 is 2.44 bits per heavy atom. The van der Waals surface area contributed by atoms with Crippen LogP contribution < -0.4 is 10.1 Å². The van der Waals surface area contributed by atoms with E-state index >= 15 is 0 Å². The van der Waals surface area contributed by atoms with E-state index < -0.39 is 29.8 Å². The molecule has 1 heterocycles. The van der Waals surface area contributed by atoms with Crippen LogP contribution in [0.4, 0.5) is 13.2 Å². The number of hydrogen-bond acceptors (Lipinski definition) is 4. The van der Waals surface area contributed by atoms with E-state index in [1.807, 2.05) is 0 Å². The zero-order valence-electron chi connectivity index (χ0n) is 14.0. The maximum Gasteiger partial charge on any atom is 0.573 e. The molecule has 0 atom stereocenters. The van der Waals surface area contributed by atoms with E-state index in [4.69, 9.17) is 0 Å². The van der Waals surface area contributed by atoms with Gasteiger partial charge in [-0.15, -0.1) is 13.2 Å². The number of halogens is 3. The van der Waals surface area contributed by atoms with Gasteiger partial charge in [0.05, 0.1) is 11.1 Å². The first-order valence-corrected chi connectivity index (χ1v) is 7.75. The van der Waals surface area contributed by atoms with Crippen molar-refractivity contribution >= 4 is 17.7 Å². The van der Waals surface area contributed by atoms with Crippen LogP contribution in [-0.2, 0) is 6.54 Å². The molecular formula is C18H13F3N2O4. The van der Waals surface area contributed by atoms with Crippen molar-refractivity contribution in [2.45, 2.75) is 12.9 Å². The topological polar surface area (TPSA) is 75.7 Å². The molecule has 2 aromatic rings. The van der Waals surface area contributed by atoms with Gasteiger partial charge in [0.15, 0.2) is 0 Å². The summed E-state index contributed by atoms with van der Waals surface area (Å²) in [5, 5.41) is 2.47. The first-order valence-electron chi connectivity index (χ1n) is 7.75. The lowest BCUT2D eigenvalue weighted by molar-refractivity contribution is -0.274. The fourth-order valence-corrected chi connectivity index (χ4v) is 2.65. The molecule has 140 valence electrons. The summed E-state index contributed by atoms with van der Waals surface area (Å²) in [6.07, 6.45) is -4.85. The van der Waals surface area contributed by atoms with Crippen LogP contribution in [0.25, 0.3) is 0 Å². The lowest BCUT2D eigenvalue weighted by Gasteiger charge is -2.13. The summed E-state index contributed by atoms with van der Waals surface area (Å²) in [5.74, 6) is -2.00. The Labute approximate surface area is 151 Å². The Balaban J connectivity index is 1.75. The summed E-state index contributed by atoms with van der Waals surface area (Å²) in [5.41, 5.74) is 0.550. The van der Waals surface area contributed by atoms with Gasteiger partial charge in [0, 0.05) is 24.7 Å². The number of hydrogen-bond donors (Lipinski definition) is 1. The van der Waals surface area contributed by atoms with Gasteiger partial charge >= 0.3 is 6.36 Å². The van der Waals surface area contributed by atoms with Gasteiger partial charge in [0.2, 0.25) is 0 Å². The smallest absolute Gasteiger partial charge is 0.405 e. The molecule has 9 heteroatoms. The fourth-order valence-electron chi connectivity index (χ4n) is 2.65. The maximum atomic E-state index is 12.4. The van der Waals surface area contributed by atoms with Crippen molar-refractivity contribution in [3.8, 4) is 5.75 Å². The van der Waals surface area contributed by atoms with Crippen molar-refractivity contribution in [3.63, 3.8) is 0 Å². The van der Waals surface area contributed by atoms with Crippen molar-refractivity contribution < 1.29 is 32.3 Å². The van der Waals surface area contributed by atoms with Gasteiger partial charge < -0.3 is 10.1 Å². The molecule has 3 rings (SSSR count). The molecule has 0 fully saturated rings. The van der Waals surface area contributed by atoms with Crippen LogP contribution in [0.1, 0.15) is 36.6 Å². The quantitative estimate of drug-likeness (QED) is 0.831. The largest absolute Gasteiger partial charge is 0.573 e. The number of nitrogens with one attached hydrogen (secondary N) is 1. The fraction of sp³-hybridized carbons (Fsp3) is 0.167. The third-order valence-corrected chi connectivity index (χ3v) is 3.99. The van der Waals surface area contributed by atoms with Crippen LogP contribution in [0, 0.1) is 0 Å². The molecule has 0 unspecified atom stereocenters. The number of carbonyl (C=O) groups is 3. The number of nitrogens with zero attached hydrogens (tertiary/aromatic N) is 1. The second kappa shape index (κ2) is 6.75. The predicted molar refractivity (Wildman–Crippen MR) is 87.2 cm³/mol. The number of benzene rings is 2. The van der Waals surface area contributed by atoms with Gasteiger partial charge in [-0.25, -0.2) is 0 Å². The minimum Gasteiger partial charge on any atom is -0.405 e. The van der Waals surface area contributed by atoms with E-state index in [0.717, 1.165) is 11.0 Å². The molecule has 0 saturated heterocycles. The maximum absolute atomic E-state index is 12.4. The number of amides is 3. The molecule has 1 aliphatic heterocycles. The molecule has 1 aliphatic rings. The Hall–Kier alpha value is -3.36. The second-order valence-corrected chi connectivity index (χ2v) is 5.77.